The lowest BCUT2D eigenvalue weighted by Crippen LogP contribution is -2.16. The molecular weight excluding hydrogens is 378 g/mol. The second-order valence-corrected chi connectivity index (χ2v) is 7.21. The van der Waals surface area contributed by atoms with Crippen LogP contribution in [0.5, 0.6) is 5.75 Å². The van der Waals surface area contributed by atoms with Crippen LogP contribution in [0.4, 0.5) is 0 Å². The number of pyridine rings is 1. The highest BCUT2D eigenvalue weighted by atomic mass is 16.5. The topological polar surface area (TPSA) is 79.4 Å². The van der Waals surface area contributed by atoms with Gasteiger partial charge in [0.25, 0.3) is 0 Å². The molecule has 0 saturated heterocycles. The van der Waals surface area contributed by atoms with E-state index in [4.69, 9.17) is 4.74 Å². The van der Waals surface area contributed by atoms with Crippen molar-refractivity contribution in [3.63, 3.8) is 0 Å². The van der Waals surface area contributed by atoms with Crippen LogP contribution in [0.2, 0.25) is 0 Å². The summed E-state index contributed by atoms with van der Waals surface area (Å²) >= 11 is 0. The van der Waals surface area contributed by atoms with Gasteiger partial charge in [0.1, 0.15) is 18.1 Å². The number of carboxylic acids is 1. The maximum absolute atomic E-state index is 12.9. The summed E-state index contributed by atoms with van der Waals surface area (Å²) in [5.74, 6) is -0.712. The first-order valence-corrected chi connectivity index (χ1v) is 9.66. The Hall–Kier alpha value is -3.86. The molecule has 0 spiro atoms. The number of ether oxygens (including phenoxy) is 1. The first-order chi connectivity index (χ1) is 14.5. The number of rotatable bonds is 6. The van der Waals surface area contributed by atoms with Gasteiger partial charge in [0.2, 0.25) is 0 Å². The van der Waals surface area contributed by atoms with Crippen molar-refractivity contribution in [3.8, 4) is 5.75 Å². The highest BCUT2D eigenvalue weighted by Gasteiger charge is 2.17. The van der Waals surface area contributed by atoms with Crippen molar-refractivity contribution < 1.29 is 14.6 Å². The summed E-state index contributed by atoms with van der Waals surface area (Å²) in [5, 5.41) is 9.91. The summed E-state index contributed by atoms with van der Waals surface area (Å²) in [6.07, 6.45) is 0.637. The van der Waals surface area contributed by atoms with Crippen LogP contribution in [0.15, 0.2) is 77.6 Å². The Labute approximate surface area is 173 Å². The zero-order valence-electron chi connectivity index (χ0n) is 16.5. The zero-order chi connectivity index (χ0) is 21.1. The van der Waals surface area contributed by atoms with Crippen LogP contribution in [0.1, 0.15) is 32.7 Å². The van der Waals surface area contributed by atoms with Crippen LogP contribution in [-0.2, 0) is 13.0 Å². The molecule has 1 heterocycles. The Morgan fingerprint density at radius 2 is 1.57 bits per heavy atom. The van der Waals surface area contributed by atoms with E-state index in [1.165, 1.54) is 6.92 Å². The fraction of sp³-hybridized carbons (Fsp3) is 0.120. The molecule has 3 aromatic carbocycles. The molecule has 30 heavy (non-hydrogen) atoms. The van der Waals surface area contributed by atoms with Gasteiger partial charge in [0.05, 0.1) is 5.52 Å². The summed E-state index contributed by atoms with van der Waals surface area (Å²) in [6.45, 7) is 1.83. The predicted octanol–water partition coefficient (Wildman–Crippen LogP) is 4.70. The number of benzene rings is 3. The van der Waals surface area contributed by atoms with Crippen LogP contribution in [0, 0.1) is 6.92 Å². The molecule has 0 aliphatic carbocycles. The van der Waals surface area contributed by atoms with Crippen molar-refractivity contribution in [3.05, 3.63) is 111 Å². The van der Waals surface area contributed by atoms with Crippen LogP contribution in [0.3, 0.4) is 0 Å². The first-order valence-electron chi connectivity index (χ1n) is 9.66. The number of H-pyrrole nitrogens is 1. The van der Waals surface area contributed by atoms with Crippen molar-refractivity contribution in [1.82, 2.24) is 4.98 Å². The van der Waals surface area contributed by atoms with Gasteiger partial charge in [-0.05, 0) is 42.2 Å². The molecule has 1 aromatic heterocycles. The molecule has 0 radical (unpaired) electrons. The number of aromatic carboxylic acids is 1. The molecule has 4 aromatic rings. The highest BCUT2D eigenvalue weighted by Crippen LogP contribution is 2.28. The van der Waals surface area contributed by atoms with E-state index in [0.717, 1.165) is 16.7 Å². The SMILES string of the molecule is Cc1c(C(=O)O)[nH]c2c(OCc3ccccc3)cc(Cc3ccccc3)cc2c1=O. The van der Waals surface area contributed by atoms with E-state index in [9.17, 15) is 14.7 Å². The van der Waals surface area contributed by atoms with E-state index >= 15 is 0 Å². The Kier molecular flexibility index (Phi) is 5.35. The summed E-state index contributed by atoms with van der Waals surface area (Å²) in [6, 6.07) is 23.3. The molecule has 0 amide bonds. The van der Waals surface area contributed by atoms with Gasteiger partial charge in [-0.25, -0.2) is 4.79 Å². The third-order valence-electron chi connectivity index (χ3n) is 5.07. The van der Waals surface area contributed by atoms with Gasteiger partial charge < -0.3 is 14.8 Å². The number of nitrogens with one attached hydrogen (secondary N) is 1. The second kappa shape index (κ2) is 8.25. The third-order valence-corrected chi connectivity index (χ3v) is 5.07. The molecule has 0 unspecified atom stereocenters. The molecule has 4 rings (SSSR count). The van der Waals surface area contributed by atoms with E-state index < -0.39 is 5.97 Å². The summed E-state index contributed by atoms with van der Waals surface area (Å²) in [4.78, 5) is 27.5. The second-order valence-electron chi connectivity index (χ2n) is 7.21. The van der Waals surface area contributed by atoms with Crippen molar-refractivity contribution in [2.24, 2.45) is 0 Å². The summed E-state index contributed by atoms with van der Waals surface area (Å²) < 4.78 is 6.05. The fourth-order valence-corrected chi connectivity index (χ4v) is 3.51. The predicted molar refractivity (Wildman–Crippen MR) is 116 cm³/mol. The maximum atomic E-state index is 12.9. The first kappa shape index (κ1) is 19.5. The smallest absolute Gasteiger partial charge is 0.352 e. The number of carbonyl (C=O) groups is 1. The summed E-state index contributed by atoms with van der Waals surface area (Å²) in [5.41, 5.74) is 3.17. The lowest BCUT2D eigenvalue weighted by Gasteiger charge is -2.14. The van der Waals surface area contributed by atoms with Gasteiger partial charge in [-0.15, -0.1) is 0 Å². The Morgan fingerprint density at radius 3 is 2.20 bits per heavy atom. The quantitative estimate of drug-likeness (QED) is 0.492. The van der Waals surface area contributed by atoms with Crippen molar-refractivity contribution in [2.75, 3.05) is 0 Å². The minimum Gasteiger partial charge on any atom is -0.487 e. The van der Waals surface area contributed by atoms with Crippen LogP contribution in [-0.4, -0.2) is 16.1 Å². The molecule has 0 saturated carbocycles. The van der Waals surface area contributed by atoms with Gasteiger partial charge in [0, 0.05) is 10.9 Å². The molecule has 0 bridgehead atoms. The molecule has 5 heteroatoms. The molecular formula is C25H21NO4. The van der Waals surface area contributed by atoms with Crippen molar-refractivity contribution >= 4 is 16.9 Å². The fourth-order valence-electron chi connectivity index (χ4n) is 3.51. The Bertz CT molecular complexity index is 1260. The standard InChI is InChI=1S/C25H21NO4/c1-16-22(25(28)29)26-23-20(24(16)27)13-19(12-17-8-4-2-5-9-17)14-21(23)30-15-18-10-6-3-7-11-18/h2-11,13-14H,12,15H2,1H3,(H,26,27)(H,28,29). The maximum Gasteiger partial charge on any atom is 0.352 e. The number of fused-ring (bicyclic) bond motifs is 1. The average molecular weight is 399 g/mol. The largest absolute Gasteiger partial charge is 0.487 e. The molecule has 150 valence electrons. The van der Waals surface area contributed by atoms with Gasteiger partial charge in [0.15, 0.2) is 5.43 Å². The van der Waals surface area contributed by atoms with E-state index in [1.54, 1.807) is 0 Å². The van der Waals surface area contributed by atoms with Crippen LogP contribution in [0.25, 0.3) is 10.9 Å². The van der Waals surface area contributed by atoms with Gasteiger partial charge >= 0.3 is 5.97 Å². The van der Waals surface area contributed by atoms with Gasteiger partial charge in [-0.1, -0.05) is 60.7 Å². The van der Waals surface area contributed by atoms with E-state index in [-0.39, 0.29) is 16.7 Å². The lowest BCUT2D eigenvalue weighted by molar-refractivity contribution is 0.0690. The Morgan fingerprint density at radius 1 is 0.933 bits per heavy atom. The molecule has 5 nitrogen and oxygen atoms in total. The zero-order valence-corrected chi connectivity index (χ0v) is 16.5. The van der Waals surface area contributed by atoms with E-state index in [1.807, 2.05) is 72.8 Å². The minimum absolute atomic E-state index is 0.118. The van der Waals surface area contributed by atoms with Crippen molar-refractivity contribution in [2.45, 2.75) is 20.0 Å². The molecule has 2 N–H and O–H groups in total. The van der Waals surface area contributed by atoms with Gasteiger partial charge in [-0.2, -0.15) is 0 Å². The lowest BCUT2D eigenvalue weighted by atomic mass is 10.0. The number of aromatic amines is 1. The van der Waals surface area contributed by atoms with Gasteiger partial charge in [-0.3, -0.25) is 4.79 Å². The molecule has 0 aliphatic heterocycles. The number of carboxylic acid groups (broad SMARTS) is 1. The summed E-state index contributed by atoms with van der Waals surface area (Å²) in [7, 11) is 0. The Balaban J connectivity index is 1.84. The van der Waals surface area contributed by atoms with Crippen LogP contribution < -0.4 is 10.2 Å². The monoisotopic (exact) mass is 399 g/mol. The van der Waals surface area contributed by atoms with E-state index in [0.29, 0.717) is 29.7 Å². The third kappa shape index (κ3) is 3.96. The van der Waals surface area contributed by atoms with E-state index in [2.05, 4.69) is 4.98 Å². The van der Waals surface area contributed by atoms with Crippen LogP contribution >= 0.6 is 0 Å². The van der Waals surface area contributed by atoms with Crippen molar-refractivity contribution in [1.29, 1.82) is 0 Å². The molecule has 0 aliphatic rings. The molecule has 0 atom stereocenters. The number of hydrogen-bond donors (Lipinski definition) is 2. The average Bonchev–Trinajstić information content (AvgIpc) is 2.76. The normalized spacial score (nSPS) is 10.8. The number of aromatic nitrogens is 1. The minimum atomic E-state index is -1.17. The number of hydrogen-bond acceptors (Lipinski definition) is 3. The molecule has 0 fully saturated rings. The highest BCUT2D eigenvalue weighted by molar-refractivity contribution is 5.93.